The van der Waals surface area contributed by atoms with Crippen molar-refractivity contribution < 1.29 is 101 Å². The van der Waals surface area contributed by atoms with E-state index in [2.05, 4.69) is 0 Å². The van der Waals surface area contributed by atoms with Crippen LogP contribution in [-0.2, 0) is 0 Å². The summed E-state index contributed by atoms with van der Waals surface area (Å²) in [4.78, 5) is 0. The maximum absolute atomic E-state index is 13.4. The Hall–Kier alpha value is -0.880. The molecule has 0 aromatic carbocycles. The molecule has 0 spiro atoms. The van der Waals surface area contributed by atoms with Crippen molar-refractivity contribution in [3.05, 3.63) is 0 Å². The molecule has 0 fully saturated rings. The SMILES string of the molecule is FC(F)(F)C(F)(C(F)(F)F)C(F)(F)C(F)(F)C(F)(F)C(F)(F)C(F)(F)C(F)(F)C(F)(F)C(F)(F)I. The quantitative estimate of drug-likeness (QED) is 0.136. The minimum atomic E-state index is -9.43. The molecule has 0 heterocycles. The van der Waals surface area contributed by atoms with Crippen molar-refractivity contribution in [1.29, 1.82) is 0 Å². The molecule has 0 atom stereocenters. The van der Waals surface area contributed by atoms with Crippen LogP contribution in [0.3, 0.4) is 0 Å². The number of rotatable bonds is 8. The van der Waals surface area contributed by atoms with E-state index < -0.39 is 86.0 Å². The van der Waals surface area contributed by atoms with Crippen molar-refractivity contribution in [3.63, 3.8) is 0 Å². The van der Waals surface area contributed by atoms with Gasteiger partial charge in [0.1, 0.15) is 0 Å². The predicted octanol–water partition coefficient (Wildman–Crippen LogP) is 8.29. The lowest BCUT2D eigenvalue weighted by Gasteiger charge is -2.45. The van der Waals surface area contributed by atoms with Crippen molar-refractivity contribution in [2.24, 2.45) is 0 Å². The maximum Gasteiger partial charge on any atom is 0.438 e. The fraction of sp³-hybridized carbons (Fsp3) is 1.00. The van der Waals surface area contributed by atoms with Crippen molar-refractivity contribution in [2.75, 3.05) is 0 Å². The second-order valence-corrected chi connectivity index (χ2v) is 7.53. The molecule has 0 N–H and O–H groups in total. The summed E-state index contributed by atoms with van der Waals surface area (Å²) < 4.78 is 290. The van der Waals surface area contributed by atoms with E-state index in [4.69, 9.17) is 0 Å². The lowest BCUT2D eigenvalue weighted by molar-refractivity contribution is -0.479. The first-order valence-electron chi connectivity index (χ1n) is 7.04. The van der Waals surface area contributed by atoms with Crippen molar-refractivity contribution in [3.8, 4) is 0 Å². The van der Waals surface area contributed by atoms with Gasteiger partial charge in [-0.2, -0.15) is 96.6 Å². The highest BCUT2D eigenvalue weighted by Crippen LogP contribution is 2.68. The average Bonchev–Trinajstić information content (AvgIpc) is 2.56. The van der Waals surface area contributed by atoms with Gasteiger partial charge in [0, 0.05) is 22.6 Å². The van der Waals surface area contributed by atoms with Crippen LogP contribution in [0.5, 0.6) is 0 Å². The van der Waals surface area contributed by atoms with Gasteiger partial charge in [0.2, 0.25) is 0 Å². The van der Waals surface area contributed by atoms with Crippen LogP contribution in [0.2, 0.25) is 0 Å². The maximum atomic E-state index is 13.4. The Bertz CT molecular complexity index is 763. The Labute approximate surface area is 187 Å². The van der Waals surface area contributed by atoms with Crippen molar-refractivity contribution >= 4 is 22.6 Å². The fourth-order valence-electron chi connectivity index (χ4n) is 1.90. The first-order chi connectivity index (χ1) is 14.5. The van der Waals surface area contributed by atoms with E-state index in [-0.39, 0.29) is 0 Å². The lowest BCUT2D eigenvalue weighted by Crippen LogP contribution is -2.78. The molecule has 0 amide bonds. The van der Waals surface area contributed by atoms with Gasteiger partial charge < -0.3 is 0 Å². The molecule has 0 aromatic heterocycles. The molecule has 0 saturated carbocycles. The van der Waals surface area contributed by atoms with Crippen LogP contribution in [0, 0.1) is 0 Å². The highest BCUT2D eigenvalue weighted by Gasteiger charge is 2.99. The Morgan fingerprint density at radius 3 is 0.600 bits per heavy atom. The van der Waals surface area contributed by atoms with Crippen molar-refractivity contribution in [2.45, 2.75) is 63.4 Å². The standard InChI is InChI=1S/C11F23I/c12-1(9(27,28)29,10(30,31)32)2(13,14)3(15,16)4(17,18)5(19,20)6(21,22)7(23,24)8(25,26)11(33,34)35. The Kier molecular flexibility index (Phi) is 7.86. The molecule has 212 valence electrons. The summed E-state index contributed by atoms with van der Waals surface area (Å²) in [6, 6.07) is 0. The second kappa shape index (κ2) is 8.06. The van der Waals surface area contributed by atoms with Gasteiger partial charge in [-0.1, -0.05) is 0 Å². The summed E-state index contributed by atoms with van der Waals surface area (Å²) in [5.41, 5.74) is -8.99. The molecule has 0 aliphatic rings. The smallest absolute Gasteiger partial charge is 0.216 e. The van der Waals surface area contributed by atoms with Gasteiger partial charge in [0.15, 0.2) is 0 Å². The van der Waals surface area contributed by atoms with E-state index >= 15 is 0 Å². The Balaban J connectivity index is 7.32. The van der Waals surface area contributed by atoms with E-state index in [0.29, 0.717) is 0 Å². The number of hydrogen-bond donors (Lipinski definition) is 0. The third-order valence-electron chi connectivity index (χ3n) is 3.94. The largest absolute Gasteiger partial charge is 0.438 e. The van der Waals surface area contributed by atoms with Crippen molar-refractivity contribution in [1.82, 2.24) is 0 Å². The van der Waals surface area contributed by atoms with Gasteiger partial charge in [-0.15, -0.1) is 0 Å². The fourth-order valence-corrected chi connectivity index (χ4v) is 2.24. The topological polar surface area (TPSA) is 0 Å². The zero-order valence-electron chi connectivity index (χ0n) is 14.6. The molecule has 0 nitrogen and oxygen atoms in total. The van der Waals surface area contributed by atoms with E-state index in [1.165, 1.54) is 0 Å². The van der Waals surface area contributed by atoms with E-state index in [1.807, 2.05) is 0 Å². The molecule has 0 bridgehead atoms. The van der Waals surface area contributed by atoms with Crippen LogP contribution in [0.25, 0.3) is 0 Å². The molecule has 24 heteroatoms. The summed E-state index contributed by atoms with van der Waals surface area (Å²) in [6.07, 6.45) is -17.0. The summed E-state index contributed by atoms with van der Waals surface area (Å²) in [5.74, 6) is -63.2. The molecular formula is C11F23I. The van der Waals surface area contributed by atoms with Gasteiger partial charge in [-0.3, -0.25) is 0 Å². The molecular weight excluding hydrogens is 696 g/mol. The highest BCUT2D eigenvalue weighted by molar-refractivity contribution is 14.1. The third-order valence-corrected chi connectivity index (χ3v) is 4.61. The number of hydrogen-bond acceptors (Lipinski definition) is 0. The van der Waals surface area contributed by atoms with Crippen LogP contribution in [0.4, 0.5) is 101 Å². The van der Waals surface area contributed by atoms with Crippen LogP contribution in [0.15, 0.2) is 0 Å². The third kappa shape index (κ3) is 4.04. The molecule has 0 saturated heterocycles. The summed E-state index contributed by atoms with van der Waals surface area (Å²) in [6.45, 7) is 0. The number of halogens is 24. The first-order valence-corrected chi connectivity index (χ1v) is 8.11. The lowest BCUT2D eigenvalue weighted by atomic mass is 9.83. The van der Waals surface area contributed by atoms with Gasteiger partial charge in [0.25, 0.3) is 0 Å². The van der Waals surface area contributed by atoms with E-state index in [9.17, 15) is 101 Å². The summed E-state index contributed by atoms with van der Waals surface area (Å²) in [7, 11) is 0. The normalized spacial score (nSPS) is 17.1. The van der Waals surface area contributed by atoms with Gasteiger partial charge in [0.05, 0.1) is 0 Å². The van der Waals surface area contributed by atoms with E-state index in [1.54, 1.807) is 0 Å². The summed E-state index contributed by atoms with van der Waals surface area (Å²) >= 11 is -1.21. The average molecular weight is 696 g/mol. The van der Waals surface area contributed by atoms with E-state index in [0.717, 1.165) is 0 Å². The minimum absolute atomic E-state index is 1.21. The highest BCUT2D eigenvalue weighted by atomic mass is 127. The molecule has 0 unspecified atom stereocenters. The number of alkyl halides is 24. The van der Waals surface area contributed by atoms with Gasteiger partial charge >= 0.3 is 63.4 Å². The molecule has 0 aliphatic carbocycles. The zero-order valence-corrected chi connectivity index (χ0v) is 16.7. The zero-order chi connectivity index (χ0) is 29.5. The second-order valence-electron chi connectivity index (χ2n) is 6.17. The monoisotopic (exact) mass is 696 g/mol. The van der Waals surface area contributed by atoms with Gasteiger partial charge in [-0.05, 0) is 0 Å². The van der Waals surface area contributed by atoms with Gasteiger partial charge in [-0.25, -0.2) is 4.39 Å². The molecule has 35 heavy (non-hydrogen) atoms. The molecule has 0 aliphatic heterocycles. The molecule has 0 rings (SSSR count). The predicted molar refractivity (Wildman–Crippen MR) is 69.5 cm³/mol. The van der Waals surface area contributed by atoms with Crippen LogP contribution < -0.4 is 0 Å². The Morgan fingerprint density at radius 2 is 0.429 bits per heavy atom. The molecule has 0 aromatic rings. The van der Waals surface area contributed by atoms with Crippen LogP contribution in [-0.4, -0.2) is 63.4 Å². The summed E-state index contributed by atoms with van der Waals surface area (Å²) in [5, 5.41) is 0. The first kappa shape index (κ1) is 34.1. The minimum Gasteiger partial charge on any atom is -0.216 e. The Morgan fingerprint density at radius 1 is 0.257 bits per heavy atom. The van der Waals surface area contributed by atoms with Crippen LogP contribution in [0.1, 0.15) is 0 Å². The van der Waals surface area contributed by atoms with Crippen LogP contribution >= 0.6 is 22.6 Å². The molecule has 0 radical (unpaired) electrons.